The van der Waals surface area contributed by atoms with E-state index in [9.17, 15) is 12.8 Å². The highest BCUT2D eigenvalue weighted by atomic mass is 32.2. The molecule has 5 rings (SSSR count). The van der Waals surface area contributed by atoms with Crippen LogP contribution < -0.4 is 15.5 Å². The molecule has 0 spiro atoms. The van der Waals surface area contributed by atoms with E-state index in [0.29, 0.717) is 58.2 Å². The van der Waals surface area contributed by atoms with Crippen molar-refractivity contribution in [1.82, 2.24) is 18.9 Å². The Morgan fingerprint density at radius 3 is 2.75 bits per heavy atom. The van der Waals surface area contributed by atoms with E-state index < -0.39 is 9.84 Å². The molecule has 0 radical (unpaired) electrons. The summed E-state index contributed by atoms with van der Waals surface area (Å²) >= 11 is 0. The quantitative estimate of drug-likeness (QED) is 0.316. The number of benzene rings is 1. The monoisotopic (exact) mass is 509 g/mol. The first-order chi connectivity index (χ1) is 17.2. The van der Waals surface area contributed by atoms with Gasteiger partial charge in [-0.15, -0.1) is 5.10 Å². The lowest BCUT2D eigenvalue weighted by molar-refractivity contribution is 0.356. The van der Waals surface area contributed by atoms with E-state index in [0.717, 1.165) is 11.8 Å². The summed E-state index contributed by atoms with van der Waals surface area (Å²) in [5.41, 5.74) is 4.15. The largest absolute Gasteiger partial charge is 0.493 e. The van der Waals surface area contributed by atoms with Crippen LogP contribution in [-0.4, -0.2) is 46.9 Å². The number of pyridine rings is 1. The second-order valence-corrected chi connectivity index (χ2v) is 10.5. The number of imidazole rings is 1. The summed E-state index contributed by atoms with van der Waals surface area (Å²) in [6, 6.07) is 6.68. The highest BCUT2D eigenvalue weighted by Gasteiger charge is 2.21. The summed E-state index contributed by atoms with van der Waals surface area (Å²) in [6.07, 6.45) is 4.72. The van der Waals surface area contributed by atoms with Crippen molar-refractivity contribution in [1.29, 1.82) is 0 Å². The van der Waals surface area contributed by atoms with Gasteiger partial charge >= 0.3 is 0 Å². The fourth-order valence-electron chi connectivity index (χ4n) is 4.46. The lowest BCUT2D eigenvalue weighted by Gasteiger charge is -2.15. The van der Waals surface area contributed by atoms with Crippen LogP contribution in [0.2, 0.25) is 0 Å². The van der Waals surface area contributed by atoms with Crippen molar-refractivity contribution in [2.75, 3.05) is 18.2 Å². The number of halogens is 1. The Labute approximate surface area is 206 Å². The minimum Gasteiger partial charge on any atom is -0.493 e. The van der Waals surface area contributed by atoms with Gasteiger partial charge in [0, 0.05) is 67.1 Å². The van der Waals surface area contributed by atoms with E-state index in [2.05, 4.69) is 32.2 Å². The van der Waals surface area contributed by atoms with Crippen molar-refractivity contribution in [3.05, 3.63) is 64.8 Å². The van der Waals surface area contributed by atoms with Gasteiger partial charge in [0.15, 0.2) is 20.4 Å². The van der Waals surface area contributed by atoms with Crippen molar-refractivity contribution >= 4 is 28.2 Å². The van der Waals surface area contributed by atoms with Gasteiger partial charge in [-0.25, -0.2) is 22.8 Å². The summed E-state index contributed by atoms with van der Waals surface area (Å²) in [6.45, 7) is 6.02. The van der Waals surface area contributed by atoms with Crippen LogP contribution in [0.5, 0.6) is 5.75 Å². The van der Waals surface area contributed by atoms with Crippen molar-refractivity contribution in [3.8, 4) is 16.9 Å². The molecule has 0 amide bonds. The minimum absolute atomic E-state index is 0.0919. The molecule has 3 aromatic heterocycles. The van der Waals surface area contributed by atoms with Crippen LogP contribution >= 0.6 is 0 Å². The lowest BCUT2D eigenvalue weighted by atomic mass is 10.0. The molecule has 10 nitrogen and oxygen atoms in total. The molecule has 0 bridgehead atoms. The van der Waals surface area contributed by atoms with E-state index in [1.54, 1.807) is 41.3 Å². The Kier molecular flexibility index (Phi) is 5.83. The van der Waals surface area contributed by atoms with E-state index in [4.69, 9.17) is 4.74 Å². The van der Waals surface area contributed by atoms with Crippen molar-refractivity contribution in [2.45, 2.75) is 24.9 Å². The third kappa shape index (κ3) is 3.92. The number of ether oxygens (including phenoxy) is 1. The van der Waals surface area contributed by atoms with Gasteiger partial charge in [-0.2, -0.15) is 5.10 Å². The third-order valence-electron chi connectivity index (χ3n) is 6.21. The molecule has 36 heavy (non-hydrogen) atoms. The average Bonchev–Trinajstić information content (AvgIpc) is 3.49. The summed E-state index contributed by atoms with van der Waals surface area (Å²) in [5, 5.41) is 11.2. The number of anilines is 1. The Bertz CT molecular complexity index is 1710. The first-order valence-electron chi connectivity index (χ1n) is 11.1. The topological polar surface area (TPSA) is 115 Å². The zero-order valence-electron chi connectivity index (χ0n) is 20.0. The van der Waals surface area contributed by atoms with E-state index in [-0.39, 0.29) is 17.4 Å². The predicted octanol–water partition coefficient (Wildman–Crippen LogP) is 2.65. The number of rotatable bonds is 6. The number of nitrogens with zero attached hydrogens (tertiary/aromatic N) is 6. The van der Waals surface area contributed by atoms with Crippen LogP contribution in [0.1, 0.15) is 16.8 Å². The van der Waals surface area contributed by atoms with Crippen LogP contribution in [0, 0.1) is 12.7 Å². The van der Waals surface area contributed by atoms with Crippen LogP contribution in [-0.2, 0) is 29.9 Å². The summed E-state index contributed by atoms with van der Waals surface area (Å²) < 4.78 is 48.0. The van der Waals surface area contributed by atoms with Gasteiger partial charge < -0.3 is 10.1 Å². The molecule has 0 aliphatic carbocycles. The Morgan fingerprint density at radius 1 is 1.19 bits per heavy atom. The van der Waals surface area contributed by atoms with Crippen LogP contribution in [0.15, 0.2) is 51.9 Å². The fraction of sp³-hybridized carbons (Fsp3) is 0.250. The molecule has 1 aliphatic heterocycles. The third-order valence-corrected chi connectivity index (χ3v) is 7.25. The molecule has 1 aromatic carbocycles. The minimum atomic E-state index is -3.51. The zero-order valence-corrected chi connectivity index (χ0v) is 20.8. The van der Waals surface area contributed by atoms with Gasteiger partial charge in [-0.3, -0.25) is 8.97 Å². The standard InChI is InChI=1S/C24H24FN7O3S/c1-14-5-6-16(22-27-13-21(32(14)22)36(4,33)34)18-12-29-24(31(3)23(18)30-26-2)28-11-17-15-9-10-35-20(15)8-7-19(17)25/h5-8,12-13H,2,9-11H2,1,3-4H3,(H,28,29)/b30-23-. The molecule has 0 atom stereocenters. The molecular formula is C24H24FN7O3S. The number of aryl methyl sites for hydroxylation is 1. The second-order valence-electron chi connectivity index (χ2n) is 8.49. The van der Waals surface area contributed by atoms with Gasteiger partial charge in [0.2, 0.25) is 5.95 Å². The highest BCUT2D eigenvalue weighted by molar-refractivity contribution is 7.90. The van der Waals surface area contributed by atoms with Crippen LogP contribution in [0.3, 0.4) is 0 Å². The fourth-order valence-corrected chi connectivity index (χ4v) is 5.27. The van der Waals surface area contributed by atoms with Crippen LogP contribution in [0.25, 0.3) is 16.8 Å². The van der Waals surface area contributed by atoms with E-state index in [1.807, 2.05) is 6.07 Å². The van der Waals surface area contributed by atoms with Crippen molar-refractivity contribution in [3.63, 3.8) is 0 Å². The number of nitrogens with one attached hydrogen (secondary N) is 1. The maximum atomic E-state index is 14.6. The molecule has 4 aromatic rings. The summed E-state index contributed by atoms with van der Waals surface area (Å²) in [5.74, 6) is 0.816. The van der Waals surface area contributed by atoms with E-state index in [1.165, 1.54) is 12.3 Å². The lowest BCUT2D eigenvalue weighted by Crippen LogP contribution is -2.25. The molecule has 1 N–H and O–H groups in total. The molecule has 0 saturated carbocycles. The Morgan fingerprint density at radius 2 is 2.00 bits per heavy atom. The summed E-state index contributed by atoms with van der Waals surface area (Å²) in [4.78, 5) is 8.93. The molecule has 0 unspecified atom stereocenters. The summed E-state index contributed by atoms with van der Waals surface area (Å²) in [7, 11) is -1.76. The number of hydrogen-bond acceptors (Lipinski definition) is 8. The first-order valence-corrected chi connectivity index (χ1v) is 13.0. The first kappa shape index (κ1) is 23.7. The van der Waals surface area contributed by atoms with Gasteiger partial charge in [-0.1, -0.05) is 0 Å². The maximum absolute atomic E-state index is 14.6. The number of fused-ring (bicyclic) bond motifs is 2. The second kappa shape index (κ2) is 8.86. The van der Waals surface area contributed by atoms with Gasteiger partial charge in [0.05, 0.1) is 12.8 Å². The highest BCUT2D eigenvalue weighted by Crippen LogP contribution is 2.31. The van der Waals surface area contributed by atoms with Crippen LogP contribution in [0.4, 0.5) is 10.3 Å². The molecular weight excluding hydrogens is 485 g/mol. The van der Waals surface area contributed by atoms with Gasteiger partial charge in [0.1, 0.15) is 17.2 Å². The predicted molar refractivity (Wildman–Crippen MR) is 133 cm³/mol. The maximum Gasteiger partial charge on any atom is 0.204 e. The average molecular weight is 510 g/mol. The molecule has 12 heteroatoms. The van der Waals surface area contributed by atoms with E-state index >= 15 is 0 Å². The van der Waals surface area contributed by atoms with Crippen molar-refractivity contribution < 1.29 is 17.5 Å². The smallest absolute Gasteiger partial charge is 0.204 e. The number of aromatic nitrogens is 4. The number of hydrogen-bond donors (Lipinski definition) is 1. The molecule has 4 heterocycles. The Hall–Kier alpha value is -4.06. The Balaban J connectivity index is 1.60. The van der Waals surface area contributed by atoms with Gasteiger partial charge in [-0.05, 0) is 31.2 Å². The molecule has 0 fully saturated rings. The normalized spacial score (nSPS) is 13.6. The van der Waals surface area contributed by atoms with Crippen molar-refractivity contribution in [2.24, 2.45) is 17.3 Å². The SMILES string of the molecule is C=N/N=c1/c(-c2ccc(C)n3c(S(C)(=O)=O)cnc23)cnc(NCc2c(F)ccc3c2CCO3)n1C. The van der Waals surface area contributed by atoms with Gasteiger partial charge in [0.25, 0.3) is 0 Å². The number of sulfone groups is 1. The molecule has 0 saturated heterocycles. The molecule has 1 aliphatic rings. The molecule has 186 valence electrons. The zero-order chi connectivity index (χ0) is 25.6.